The van der Waals surface area contributed by atoms with Crippen LogP contribution in [0.25, 0.3) is 5.52 Å². The van der Waals surface area contributed by atoms with Crippen molar-refractivity contribution in [3.05, 3.63) is 66.0 Å². The number of nitriles is 1. The number of aromatic nitrogens is 1. The van der Waals surface area contributed by atoms with Crippen molar-refractivity contribution in [2.24, 2.45) is 5.92 Å². The van der Waals surface area contributed by atoms with E-state index in [9.17, 15) is 18.5 Å². The Labute approximate surface area is 181 Å². The van der Waals surface area contributed by atoms with Crippen LogP contribution in [0.4, 0.5) is 0 Å². The first kappa shape index (κ1) is 22.3. The second-order valence-corrected chi connectivity index (χ2v) is 8.97. The van der Waals surface area contributed by atoms with Crippen molar-refractivity contribution in [1.29, 1.82) is 5.26 Å². The highest BCUT2D eigenvalue weighted by Gasteiger charge is 2.30. The fraction of sp³-hybridized carbons (Fsp3) is 0.273. The number of pyridine rings is 1. The molecule has 0 aliphatic rings. The molecule has 162 valence electrons. The van der Waals surface area contributed by atoms with E-state index in [4.69, 9.17) is 9.47 Å². The van der Waals surface area contributed by atoms with E-state index in [-0.39, 0.29) is 17.4 Å². The van der Waals surface area contributed by atoms with Gasteiger partial charge in [0.15, 0.2) is 0 Å². The maximum absolute atomic E-state index is 12.7. The highest BCUT2D eigenvalue weighted by molar-refractivity contribution is 7.89. The summed E-state index contributed by atoms with van der Waals surface area (Å²) in [6.07, 6.45) is 3.51. The van der Waals surface area contributed by atoms with Crippen molar-refractivity contribution in [1.82, 2.24) is 9.12 Å². The molecular weight excluding hydrogens is 418 g/mol. The van der Waals surface area contributed by atoms with Crippen LogP contribution in [-0.4, -0.2) is 31.9 Å². The Balaban J connectivity index is 1.76. The molecule has 2 aromatic heterocycles. The molecule has 0 spiro atoms. The average molecular weight is 442 g/mol. The Kier molecular flexibility index (Phi) is 6.63. The number of nitrogens with zero attached hydrogens (tertiary/aromatic N) is 2. The first-order valence-corrected chi connectivity index (χ1v) is 11.1. The number of rotatable bonds is 8. The number of fused-ring (bicyclic) bond motifs is 1. The number of nitrogens with one attached hydrogen (secondary N) is 1. The molecule has 3 aromatic rings. The number of carbonyl (C=O) groups excluding carboxylic acids is 1. The highest BCUT2D eigenvalue weighted by atomic mass is 32.2. The zero-order valence-electron chi connectivity index (χ0n) is 17.4. The predicted molar refractivity (Wildman–Crippen MR) is 114 cm³/mol. The Morgan fingerprint density at radius 2 is 1.90 bits per heavy atom. The van der Waals surface area contributed by atoms with E-state index in [1.54, 1.807) is 36.7 Å². The molecule has 8 nitrogen and oxygen atoms in total. The summed E-state index contributed by atoms with van der Waals surface area (Å²) in [7, 11) is -2.47. The monoisotopic (exact) mass is 441 g/mol. The van der Waals surface area contributed by atoms with E-state index in [1.807, 2.05) is 12.1 Å². The Morgan fingerprint density at radius 3 is 2.52 bits per heavy atom. The van der Waals surface area contributed by atoms with Crippen molar-refractivity contribution in [2.75, 3.05) is 7.11 Å². The quantitative estimate of drug-likeness (QED) is 0.538. The molecule has 0 bridgehead atoms. The normalized spacial score (nSPS) is 12.5. The number of hydrogen-bond acceptors (Lipinski definition) is 6. The zero-order valence-corrected chi connectivity index (χ0v) is 18.2. The second-order valence-electron chi connectivity index (χ2n) is 7.26. The summed E-state index contributed by atoms with van der Waals surface area (Å²) in [5, 5.41) is 9.48. The largest absolute Gasteiger partial charge is 0.497 e. The van der Waals surface area contributed by atoms with E-state index in [1.165, 1.54) is 31.4 Å². The Hall–Kier alpha value is -3.35. The van der Waals surface area contributed by atoms with E-state index < -0.39 is 22.0 Å². The van der Waals surface area contributed by atoms with E-state index in [2.05, 4.69) is 10.8 Å². The molecule has 0 aliphatic heterocycles. The van der Waals surface area contributed by atoms with Crippen LogP contribution in [0.3, 0.4) is 0 Å². The Bertz CT molecular complexity index is 1220. The van der Waals surface area contributed by atoms with Gasteiger partial charge in [0.1, 0.15) is 24.5 Å². The molecular formula is C22H23N3O5S. The summed E-state index contributed by atoms with van der Waals surface area (Å²) >= 11 is 0. The predicted octanol–water partition coefficient (Wildman–Crippen LogP) is 2.87. The van der Waals surface area contributed by atoms with Gasteiger partial charge in [-0.1, -0.05) is 19.9 Å². The van der Waals surface area contributed by atoms with Gasteiger partial charge >= 0.3 is 5.97 Å². The summed E-state index contributed by atoms with van der Waals surface area (Å²) in [6.45, 7) is 3.29. The number of methoxy groups -OCH3 is 1. The molecule has 2 heterocycles. The van der Waals surface area contributed by atoms with Crippen LogP contribution < -0.4 is 9.46 Å². The molecule has 3 rings (SSSR count). The third-order valence-corrected chi connectivity index (χ3v) is 6.27. The van der Waals surface area contributed by atoms with E-state index in [0.717, 1.165) is 0 Å². The maximum Gasteiger partial charge on any atom is 0.324 e. The Morgan fingerprint density at radius 1 is 1.19 bits per heavy atom. The van der Waals surface area contributed by atoms with Gasteiger partial charge in [-0.2, -0.15) is 9.98 Å². The minimum absolute atomic E-state index is 0.0113. The van der Waals surface area contributed by atoms with Crippen LogP contribution >= 0.6 is 0 Å². The lowest BCUT2D eigenvalue weighted by Crippen LogP contribution is -2.45. The van der Waals surface area contributed by atoms with E-state index in [0.29, 0.717) is 22.4 Å². The second kappa shape index (κ2) is 9.20. The van der Waals surface area contributed by atoms with Crippen molar-refractivity contribution in [3.8, 4) is 11.8 Å². The number of benzene rings is 1. The van der Waals surface area contributed by atoms with Gasteiger partial charge in [-0.3, -0.25) is 4.79 Å². The van der Waals surface area contributed by atoms with Crippen LogP contribution in [0.2, 0.25) is 0 Å². The number of sulfonamides is 1. The molecule has 0 fully saturated rings. The van der Waals surface area contributed by atoms with Crippen LogP contribution in [0.5, 0.6) is 5.75 Å². The molecule has 0 amide bonds. The molecule has 1 aromatic carbocycles. The summed E-state index contributed by atoms with van der Waals surface area (Å²) in [6, 6.07) is 12.3. The standard InChI is InChI=1S/C22H23N3O5S/c1-15(2)21(24-31(27,28)18-9-7-17(29-3)8-10-18)22(26)30-14-16-13-25-11-5-4-6-20(25)19(16)12-23/h4-11,13,15,21,24H,14H2,1-3H3/t21-/m0/s1. The lowest BCUT2D eigenvalue weighted by Gasteiger charge is -2.21. The number of esters is 1. The third kappa shape index (κ3) is 4.87. The topological polar surface area (TPSA) is 110 Å². The summed E-state index contributed by atoms with van der Waals surface area (Å²) in [5.41, 5.74) is 1.66. The van der Waals surface area contributed by atoms with Gasteiger partial charge in [0.05, 0.1) is 23.1 Å². The third-order valence-electron chi connectivity index (χ3n) is 4.82. The summed E-state index contributed by atoms with van der Waals surface area (Å²) in [4.78, 5) is 12.7. The van der Waals surface area contributed by atoms with Crippen LogP contribution in [-0.2, 0) is 26.2 Å². The van der Waals surface area contributed by atoms with Crippen LogP contribution in [0.1, 0.15) is 25.0 Å². The molecule has 0 aliphatic carbocycles. The lowest BCUT2D eigenvalue weighted by atomic mass is 10.1. The molecule has 9 heteroatoms. The molecule has 1 atom stereocenters. The summed E-state index contributed by atoms with van der Waals surface area (Å²) in [5.74, 6) is -0.553. The van der Waals surface area contributed by atoms with Gasteiger partial charge in [-0.25, -0.2) is 8.42 Å². The van der Waals surface area contributed by atoms with Crippen molar-refractivity contribution in [2.45, 2.75) is 31.4 Å². The van der Waals surface area contributed by atoms with Crippen molar-refractivity contribution < 1.29 is 22.7 Å². The van der Waals surface area contributed by atoms with Gasteiger partial charge in [0, 0.05) is 18.0 Å². The fourth-order valence-electron chi connectivity index (χ4n) is 3.10. The first-order chi connectivity index (χ1) is 14.8. The fourth-order valence-corrected chi connectivity index (χ4v) is 4.43. The van der Waals surface area contributed by atoms with Crippen LogP contribution in [0, 0.1) is 17.2 Å². The molecule has 0 saturated heterocycles. The van der Waals surface area contributed by atoms with Gasteiger partial charge in [0.2, 0.25) is 10.0 Å². The number of hydrogen-bond donors (Lipinski definition) is 1. The average Bonchev–Trinajstić information content (AvgIpc) is 3.13. The minimum Gasteiger partial charge on any atom is -0.497 e. The van der Waals surface area contributed by atoms with Crippen molar-refractivity contribution in [3.63, 3.8) is 0 Å². The number of carbonyl (C=O) groups is 1. The lowest BCUT2D eigenvalue weighted by molar-refractivity contribution is -0.148. The van der Waals surface area contributed by atoms with E-state index >= 15 is 0 Å². The SMILES string of the molecule is COc1ccc(S(=O)(=O)N[C@H](C(=O)OCc2cn3ccccc3c2C#N)C(C)C)cc1. The maximum atomic E-state index is 12.7. The number of ether oxygens (including phenoxy) is 2. The smallest absolute Gasteiger partial charge is 0.324 e. The minimum atomic E-state index is -3.95. The van der Waals surface area contributed by atoms with Gasteiger partial charge in [0.25, 0.3) is 0 Å². The molecule has 0 radical (unpaired) electrons. The molecule has 1 N–H and O–H groups in total. The van der Waals surface area contributed by atoms with Crippen molar-refractivity contribution >= 4 is 21.5 Å². The van der Waals surface area contributed by atoms with Gasteiger partial charge < -0.3 is 13.9 Å². The first-order valence-electron chi connectivity index (χ1n) is 9.58. The molecule has 0 saturated carbocycles. The van der Waals surface area contributed by atoms with Gasteiger partial charge in [-0.05, 0) is 42.3 Å². The molecule has 31 heavy (non-hydrogen) atoms. The molecule has 0 unspecified atom stereocenters. The highest BCUT2D eigenvalue weighted by Crippen LogP contribution is 2.20. The zero-order chi connectivity index (χ0) is 22.6. The van der Waals surface area contributed by atoms with Crippen LogP contribution in [0.15, 0.2) is 59.8 Å². The van der Waals surface area contributed by atoms with Gasteiger partial charge in [-0.15, -0.1) is 0 Å². The summed E-state index contributed by atoms with van der Waals surface area (Å²) < 4.78 is 40.1.